The molecule has 0 radical (unpaired) electrons. The molecule has 0 spiro atoms. The van der Waals surface area contributed by atoms with Gasteiger partial charge in [0.05, 0.1) is 16.0 Å². The van der Waals surface area contributed by atoms with Crippen molar-refractivity contribution in [1.29, 1.82) is 0 Å². The van der Waals surface area contributed by atoms with Crippen molar-refractivity contribution < 1.29 is 14.3 Å². The van der Waals surface area contributed by atoms with Crippen LogP contribution in [0.5, 0.6) is 0 Å². The van der Waals surface area contributed by atoms with Gasteiger partial charge < -0.3 is 10.1 Å². The Hall–Kier alpha value is -2.37. The van der Waals surface area contributed by atoms with E-state index in [1.165, 1.54) is 24.3 Å². The van der Waals surface area contributed by atoms with Crippen LogP contribution in [0.2, 0.25) is 10.0 Å². The first-order valence-electron chi connectivity index (χ1n) is 7.34. The van der Waals surface area contributed by atoms with Gasteiger partial charge in [-0.15, -0.1) is 0 Å². The van der Waals surface area contributed by atoms with Gasteiger partial charge in [0.25, 0.3) is 0 Å². The number of aromatic amines is 1. The lowest BCUT2D eigenvalue weighted by atomic mass is 9.90. The number of rotatable bonds is 4. The number of halogens is 3. The summed E-state index contributed by atoms with van der Waals surface area (Å²) in [4.78, 5) is 26.3. The smallest absolute Gasteiger partial charge is 0.311 e. The lowest BCUT2D eigenvalue weighted by Gasteiger charge is -2.15. The number of nitrogens with one attached hydrogen (secondary N) is 1. The van der Waals surface area contributed by atoms with Gasteiger partial charge >= 0.3 is 5.97 Å². The van der Waals surface area contributed by atoms with E-state index in [1.807, 2.05) is 0 Å². The number of benzene rings is 2. The van der Waals surface area contributed by atoms with E-state index in [9.17, 15) is 19.1 Å². The van der Waals surface area contributed by atoms with Crippen molar-refractivity contribution in [3.63, 3.8) is 0 Å². The van der Waals surface area contributed by atoms with Crippen LogP contribution in [-0.4, -0.2) is 16.1 Å². The number of hydrogen-bond acceptors (Lipinski definition) is 2. The molecule has 1 unspecified atom stereocenters. The molecular weight excluding hydrogens is 368 g/mol. The summed E-state index contributed by atoms with van der Waals surface area (Å²) in [6.45, 7) is 0. The number of aromatic nitrogens is 1. The maximum Gasteiger partial charge on any atom is 0.311 e. The molecule has 0 aliphatic carbocycles. The number of pyridine rings is 1. The molecule has 1 heterocycles. The van der Waals surface area contributed by atoms with Crippen LogP contribution >= 0.6 is 23.2 Å². The second-order valence-electron chi connectivity index (χ2n) is 5.62. The zero-order valence-corrected chi connectivity index (χ0v) is 14.2. The van der Waals surface area contributed by atoms with Crippen LogP contribution in [0.25, 0.3) is 10.9 Å². The standard InChI is InChI=1S/C18H12Cl2FNO3/c19-14-3-1-9(6-15(14)20)5-13(18(24)25)11-8-17(23)22-16-4-2-10(21)7-12(11)16/h1-4,6-8,13H,5H2,(H,22,23)(H,24,25). The molecule has 0 amide bonds. The Morgan fingerprint density at radius 2 is 1.88 bits per heavy atom. The van der Waals surface area contributed by atoms with E-state index >= 15 is 0 Å². The lowest BCUT2D eigenvalue weighted by Crippen LogP contribution is -2.18. The van der Waals surface area contributed by atoms with Crippen molar-refractivity contribution in [3.05, 3.63) is 79.8 Å². The molecule has 0 aliphatic heterocycles. The zero-order chi connectivity index (χ0) is 18.1. The second kappa shape index (κ2) is 6.86. The molecular formula is C18H12Cl2FNO3. The van der Waals surface area contributed by atoms with Gasteiger partial charge in [-0.1, -0.05) is 29.3 Å². The van der Waals surface area contributed by atoms with Gasteiger partial charge in [0.1, 0.15) is 5.82 Å². The summed E-state index contributed by atoms with van der Waals surface area (Å²) >= 11 is 11.9. The van der Waals surface area contributed by atoms with Crippen LogP contribution in [-0.2, 0) is 11.2 Å². The molecule has 0 aliphatic rings. The van der Waals surface area contributed by atoms with Gasteiger partial charge in [-0.25, -0.2) is 4.39 Å². The maximum absolute atomic E-state index is 13.6. The minimum absolute atomic E-state index is 0.0846. The Balaban J connectivity index is 2.13. The van der Waals surface area contributed by atoms with E-state index in [0.717, 1.165) is 0 Å². The lowest BCUT2D eigenvalue weighted by molar-refractivity contribution is -0.138. The maximum atomic E-state index is 13.6. The van der Waals surface area contributed by atoms with Crippen molar-refractivity contribution in [3.8, 4) is 0 Å². The molecule has 2 aromatic carbocycles. The van der Waals surface area contributed by atoms with Crippen molar-refractivity contribution in [2.24, 2.45) is 0 Å². The number of hydrogen-bond donors (Lipinski definition) is 2. The van der Waals surface area contributed by atoms with Crippen molar-refractivity contribution >= 4 is 40.1 Å². The summed E-state index contributed by atoms with van der Waals surface area (Å²) in [6.07, 6.45) is 0.0846. The van der Waals surface area contributed by atoms with Crippen LogP contribution < -0.4 is 5.56 Å². The molecule has 0 fully saturated rings. The van der Waals surface area contributed by atoms with Gasteiger partial charge in [-0.05, 0) is 47.9 Å². The van der Waals surface area contributed by atoms with Gasteiger partial charge in [-0.3, -0.25) is 9.59 Å². The number of aliphatic carboxylic acids is 1. The average Bonchev–Trinajstić information content (AvgIpc) is 2.55. The highest BCUT2D eigenvalue weighted by Gasteiger charge is 2.24. The summed E-state index contributed by atoms with van der Waals surface area (Å²) in [6, 6.07) is 9.84. The number of carboxylic acid groups (broad SMARTS) is 1. The predicted molar refractivity (Wildman–Crippen MR) is 95.1 cm³/mol. The highest BCUT2D eigenvalue weighted by molar-refractivity contribution is 6.42. The molecule has 2 N–H and O–H groups in total. The van der Waals surface area contributed by atoms with Crippen molar-refractivity contribution in [2.45, 2.75) is 12.3 Å². The van der Waals surface area contributed by atoms with E-state index in [4.69, 9.17) is 23.2 Å². The summed E-state index contributed by atoms with van der Waals surface area (Å²) < 4.78 is 13.6. The highest BCUT2D eigenvalue weighted by Crippen LogP contribution is 2.30. The first-order chi connectivity index (χ1) is 11.8. The largest absolute Gasteiger partial charge is 0.481 e. The number of H-pyrrole nitrogens is 1. The normalized spacial score (nSPS) is 12.3. The summed E-state index contributed by atoms with van der Waals surface area (Å²) in [5, 5.41) is 10.7. The Kier molecular flexibility index (Phi) is 4.79. The van der Waals surface area contributed by atoms with Gasteiger partial charge in [0.2, 0.25) is 5.56 Å². The Morgan fingerprint density at radius 3 is 2.56 bits per heavy atom. The molecule has 25 heavy (non-hydrogen) atoms. The van der Waals surface area contributed by atoms with E-state index in [1.54, 1.807) is 18.2 Å². The molecule has 1 aromatic heterocycles. The highest BCUT2D eigenvalue weighted by atomic mass is 35.5. The molecule has 4 nitrogen and oxygen atoms in total. The predicted octanol–water partition coefficient (Wildman–Crippen LogP) is 4.38. The second-order valence-corrected chi connectivity index (χ2v) is 6.44. The fraction of sp³-hybridized carbons (Fsp3) is 0.111. The minimum atomic E-state index is -1.12. The van der Waals surface area contributed by atoms with Gasteiger partial charge in [-0.2, -0.15) is 0 Å². The monoisotopic (exact) mass is 379 g/mol. The fourth-order valence-corrected chi connectivity index (χ4v) is 3.09. The van der Waals surface area contributed by atoms with Crippen molar-refractivity contribution in [1.82, 2.24) is 4.98 Å². The summed E-state index contributed by atoms with van der Waals surface area (Å²) in [5.74, 6) is -2.68. The molecule has 0 saturated heterocycles. The minimum Gasteiger partial charge on any atom is -0.481 e. The number of carboxylic acids is 1. The summed E-state index contributed by atoms with van der Waals surface area (Å²) in [7, 11) is 0. The Bertz CT molecular complexity index is 1030. The molecule has 0 saturated carbocycles. The SMILES string of the molecule is O=C(O)C(Cc1ccc(Cl)c(Cl)c1)c1cc(=O)[nH]c2ccc(F)cc12. The molecule has 3 aromatic rings. The van der Waals surface area contributed by atoms with E-state index in [-0.39, 0.29) is 12.0 Å². The van der Waals surface area contributed by atoms with Crippen LogP contribution in [0, 0.1) is 5.82 Å². The molecule has 1 atom stereocenters. The third kappa shape index (κ3) is 3.67. The van der Waals surface area contributed by atoms with Crippen LogP contribution in [0.15, 0.2) is 47.3 Å². The van der Waals surface area contributed by atoms with Crippen LogP contribution in [0.4, 0.5) is 4.39 Å². The number of fused-ring (bicyclic) bond motifs is 1. The average molecular weight is 380 g/mol. The van der Waals surface area contributed by atoms with Crippen molar-refractivity contribution in [2.75, 3.05) is 0 Å². The van der Waals surface area contributed by atoms with E-state index in [2.05, 4.69) is 4.98 Å². The topological polar surface area (TPSA) is 70.2 Å². The third-order valence-corrected chi connectivity index (χ3v) is 4.67. The molecule has 0 bridgehead atoms. The molecule has 7 heteroatoms. The number of carbonyl (C=O) groups is 1. The molecule has 128 valence electrons. The Morgan fingerprint density at radius 1 is 1.12 bits per heavy atom. The zero-order valence-electron chi connectivity index (χ0n) is 12.7. The molecule has 3 rings (SSSR count). The van der Waals surface area contributed by atoms with Crippen LogP contribution in [0.1, 0.15) is 17.0 Å². The van der Waals surface area contributed by atoms with Gasteiger partial charge in [0.15, 0.2) is 0 Å². The van der Waals surface area contributed by atoms with E-state index < -0.39 is 23.3 Å². The van der Waals surface area contributed by atoms with Crippen LogP contribution in [0.3, 0.4) is 0 Å². The quantitative estimate of drug-likeness (QED) is 0.706. The first kappa shape index (κ1) is 17.5. The van der Waals surface area contributed by atoms with E-state index in [0.29, 0.717) is 26.5 Å². The fourth-order valence-electron chi connectivity index (χ4n) is 2.77. The first-order valence-corrected chi connectivity index (χ1v) is 8.10. The van der Waals surface area contributed by atoms with Gasteiger partial charge in [0, 0.05) is 17.0 Å². The Labute approximate surface area is 151 Å². The third-order valence-electron chi connectivity index (χ3n) is 3.93. The summed E-state index contributed by atoms with van der Waals surface area (Å²) in [5.41, 5.74) is 0.822.